The standard InChI is InChI=1S/C13H28N2/c1-5-7-14-13(4)6-8-15-9-11(2)12(3)10-15/h11-14H,5-10H2,1-4H3. The summed E-state index contributed by atoms with van der Waals surface area (Å²) in [6, 6.07) is 0.677. The monoisotopic (exact) mass is 212 g/mol. The van der Waals surface area contributed by atoms with Crippen molar-refractivity contribution in [3.05, 3.63) is 0 Å². The number of likely N-dealkylation sites (tertiary alicyclic amines) is 1. The van der Waals surface area contributed by atoms with Crippen molar-refractivity contribution in [1.29, 1.82) is 0 Å². The van der Waals surface area contributed by atoms with Crippen LogP contribution in [0, 0.1) is 11.8 Å². The van der Waals surface area contributed by atoms with Crippen LogP contribution in [0.5, 0.6) is 0 Å². The molecule has 0 saturated carbocycles. The highest BCUT2D eigenvalue weighted by atomic mass is 15.2. The molecule has 0 aromatic rings. The maximum absolute atomic E-state index is 3.55. The Labute approximate surface area is 95.4 Å². The van der Waals surface area contributed by atoms with Crippen LogP contribution in [-0.2, 0) is 0 Å². The Morgan fingerprint density at radius 3 is 2.40 bits per heavy atom. The Balaban J connectivity index is 2.10. The van der Waals surface area contributed by atoms with Crippen molar-refractivity contribution in [2.45, 2.75) is 46.6 Å². The Bertz CT molecular complexity index is 160. The third-order valence-electron chi connectivity index (χ3n) is 3.68. The van der Waals surface area contributed by atoms with Gasteiger partial charge in [-0.25, -0.2) is 0 Å². The summed E-state index contributed by atoms with van der Waals surface area (Å²) in [6.45, 7) is 14.3. The van der Waals surface area contributed by atoms with Crippen LogP contribution in [0.2, 0.25) is 0 Å². The zero-order valence-electron chi connectivity index (χ0n) is 10.9. The molecule has 1 rings (SSSR count). The van der Waals surface area contributed by atoms with Gasteiger partial charge in [-0.3, -0.25) is 0 Å². The summed E-state index contributed by atoms with van der Waals surface area (Å²) in [4.78, 5) is 2.62. The van der Waals surface area contributed by atoms with Crippen molar-refractivity contribution in [3.8, 4) is 0 Å². The first-order valence-electron chi connectivity index (χ1n) is 6.59. The third-order valence-corrected chi connectivity index (χ3v) is 3.68. The number of hydrogen-bond donors (Lipinski definition) is 1. The Morgan fingerprint density at radius 2 is 1.87 bits per heavy atom. The molecule has 0 aliphatic carbocycles. The van der Waals surface area contributed by atoms with Crippen molar-refractivity contribution in [1.82, 2.24) is 10.2 Å². The van der Waals surface area contributed by atoms with E-state index < -0.39 is 0 Å². The van der Waals surface area contributed by atoms with Gasteiger partial charge in [-0.15, -0.1) is 0 Å². The second kappa shape index (κ2) is 6.49. The number of nitrogens with zero attached hydrogens (tertiary/aromatic N) is 1. The molecule has 1 heterocycles. The van der Waals surface area contributed by atoms with Crippen LogP contribution >= 0.6 is 0 Å². The zero-order valence-corrected chi connectivity index (χ0v) is 10.9. The van der Waals surface area contributed by atoms with E-state index in [4.69, 9.17) is 0 Å². The van der Waals surface area contributed by atoms with Gasteiger partial charge in [0.05, 0.1) is 0 Å². The summed E-state index contributed by atoms with van der Waals surface area (Å²) in [7, 11) is 0. The molecule has 3 unspecified atom stereocenters. The molecule has 1 fully saturated rings. The lowest BCUT2D eigenvalue weighted by Crippen LogP contribution is -2.32. The third kappa shape index (κ3) is 4.52. The highest BCUT2D eigenvalue weighted by Crippen LogP contribution is 2.21. The van der Waals surface area contributed by atoms with Crippen molar-refractivity contribution in [2.75, 3.05) is 26.2 Å². The average Bonchev–Trinajstić information content (AvgIpc) is 2.52. The molecule has 0 aromatic heterocycles. The van der Waals surface area contributed by atoms with Crippen LogP contribution in [0.4, 0.5) is 0 Å². The Kier molecular flexibility index (Phi) is 5.62. The molecule has 0 amide bonds. The fourth-order valence-corrected chi connectivity index (χ4v) is 2.30. The molecule has 15 heavy (non-hydrogen) atoms. The first-order chi connectivity index (χ1) is 7.13. The van der Waals surface area contributed by atoms with Gasteiger partial charge in [0.15, 0.2) is 0 Å². The molecule has 0 aromatic carbocycles. The lowest BCUT2D eigenvalue weighted by molar-refractivity contribution is 0.301. The van der Waals surface area contributed by atoms with Gasteiger partial charge < -0.3 is 10.2 Å². The van der Waals surface area contributed by atoms with E-state index >= 15 is 0 Å². The number of hydrogen-bond acceptors (Lipinski definition) is 2. The zero-order chi connectivity index (χ0) is 11.3. The van der Waals surface area contributed by atoms with Crippen LogP contribution in [0.1, 0.15) is 40.5 Å². The molecule has 2 nitrogen and oxygen atoms in total. The topological polar surface area (TPSA) is 15.3 Å². The quantitative estimate of drug-likeness (QED) is 0.727. The van der Waals surface area contributed by atoms with E-state index in [1.165, 1.54) is 32.5 Å². The van der Waals surface area contributed by atoms with Crippen LogP contribution < -0.4 is 5.32 Å². The van der Waals surface area contributed by atoms with Crippen molar-refractivity contribution in [2.24, 2.45) is 11.8 Å². The van der Waals surface area contributed by atoms with E-state index in [-0.39, 0.29) is 0 Å². The van der Waals surface area contributed by atoms with Gasteiger partial charge in [0.1, 0.15) is 0 Å². The maximum Gasteiger partial charge on any atom is 0.00508 e. The first-order valence-corrected chi connectivity index (χ1v) is 6.59. The fourth-order valence-electron chi connectivity index (χ4n) is 2.30. The van der Waals surface area contributed by atoms with Crippen molar-refractivity contribution < 1.29 is 0 Å². The van der Waals surface area contributed by atoms with Gasteiger partial charge in [0, 0.05) is 19.1 Å². The van der Waals surface area contributed by atoms with Gasteiger partial charge in [-0.2, -0.15) is 0 Å². The predicted molar refractivity (Wildman–Crippen MR) is 67.1 cm³/mol. The van der Waals surface area contributed by atoms with Gasteiger partial charge in [0.25, 0.3) is 0 Å². The molecule has 1 aliphatic heterocycles. The van der Waals surface area contributed by atoms with Crippen LogP contribution in [-0.4, -0.2) is 37.1 Å². The van der Waals surface area contributed by atoms with E-state index in [1.807, 2.05) is 0 Å². The van der Waals surface area contributed by atoms with E-state index in [2.05, 4.69) is 37.9 Å². The lowest BCUT2D eigenvalue weighted by atomic mass is 10.0. The minimum absolute atomic E-state index is 0.677. The van der Waals surface area contributed by atoms with Gasteiger partial charge in [-0.05, 0) is 44.7 Å². The van der Waals surface area contributed by atoms with Crippen LogP contribution in [0.25, 0.3) is 0 Å². The summed E-state index contributed by atoms with van der Waals surface area (Å²) in [5, 5.41) is 3.55. The number of rotatable bonds is 6. The van der Waals surface area contributed by atoms with Gasteiger partial charge >= 0.3 is 0 Å². The number of nitrogens with one attached hydrogen (secondary N) is 1. The molecule has 0 radical (unpaired) electrons. The second-order valence-corrected chi connectivity index (χ2v) is 5.36. The minimum Gasteiger partial charge on any atom is -0.314 e. The highest BCUT2D eigenvalue weighted by Gasteiger charge is 2.25. The van der Waals surface area contributed by atoms with E-state index in [9.17, 15) is 0 Å². The summed E-state index contributed by atoms with van der Waals surface area (Å²) in [5.41, 5.74) is 0. The van der Waals surface area contributed by atoms with Crippen molar-refractivity contribution >= 4 is 0 Å². The minimum atomic E-state index is 0.677. The highest BCUT2D eigenvalue weighted by molar-refractivity contribution is 4.79. The molecule has 3 atom stereocenters. The normalized spacial score (nSPS) is 29.6. The Hall–Kier alpha value is -0.0800. The maximum atomic E-state index is 3.55. The second-order valence-electron chi connectivity index (χ2n) is 5.36. The van der Waals surface area contributed by atoms with Crippen LogP contribution in [0.3, 0.4) is 0 Å². The largest absolute Gasteiger partial charge is 0.314 e. The summed E-state index contributed by atoms with van der Waals surface area (Å²) in [5.74, 6) is 1.79. The van der Waals surface area contributed by atoms with Gasteiger partial charge in [-0.1, -0.05) is 20.8 Å². The van der Waals surface area contributed by atoms with Crippen LogP contribution in [0.15, 0.2) is 0 Å². The summed E-state index contributed by atoms with van der Waals surface area (Å²) >= 11 is 0. The summed E-state index contributed by atoms with van der Waals surface area (Å²) < 4.78 is 0. The SMILES string of the molecule is CCCNC(C)CCN1CC(C)C(C)C1. The van der Waals surface area contributed by atoms with Gasteiger partial charge in [0.2, 0.25) is 0 Å². The van der Waals surface area contributed by atoms with E-state index in [1.54, 1.807) is 0 Å². The fraction of sp³-hybridized carbons (Fsp3) is 1.00. The molecule has 1 saturated heterocycles. The predicted octanol–water partition coefficient (Wildman–Crippen LogP) is 2.35. The summed E-state index contributed by atoms with van der Waals surface area (Å²) in [6.07, 6.45) is 2.53. The molecular weight excluding hydrogens is 184 g/mol. The molecule has 0 spiro atoms. The molecule has 1 N–H and O–H groups in total. The lowest BCUT2D eigenvalue weighted by Gasteiger charge is -2.19. The van der Waals surface area contributed by atoms with E-state index in [0.29, 0.717) is 6.04 Å². The molecular formula is C13H28N2. The first kappa shape index (κ1) is 13.0. The average molecular weight is 212 g/mol. The molecule has 0 bridgehead atoms. The molecule has 1 aliphatic rings. The Morgan fingerprint density at radius 1 is 1.27 bits per heavy atom. The molecule has 2 heteroatoms. The van der Waals surface area contributed by atoms with E-state index in [0.717, 1.165) is 18.4 Å². The molecule has 90 valence electrons. The smallest absolute Gasteiger partial charge is 0.00508 e. The van der Waals surface area contributed by atoms with Crippen molar-refractivity contribution in [3.63, 3.8) is 0 Å².